The molecule has 1 saturated heterocycles. The van der Waals surface area contributed by atoms with E-state index in [2.05, 4.69) is 32.7 Å². The molecule has 0 saturated carbocycles. The van der Waals surface area contributed by atoms with Crippen LogP contribution in [0.15, 0.2) is 22.7 Å². The van der Waals surface area contributed by atoms with Gasteiger partial charge in [0, 0.05) is 42.8 Å². The maximum Gasteiger partial charge on any atom is 0.270 e. The zero-order valence-electron chi connectivity index (χ0n) is 10.3. The number of anilines is 1. The smallest absolute Gasteiger partial charge is 0.270 e. The molecule has 18 heavy (non-hydrogen) atoms. The number of nitro benzene ring substituents is 1. The lowest BCUT2D eigenvalue weighted by Gasteiger charge is -2.35. The maximum atomic E-state index is 10.7. The average molecular weight is 314 g/mol. The molecule has 1 aromatic carbocycles. The molecule has 0 aliphatic carbocycles. The maximum absolute atomic E-state index is 10.7. The highest BCUT2D eigenvalue weighted by molar-refractivity contribution is 9.10. The number of nitro groups is 1. The molecule has 1 fully saturated rings. The fourth-order valence-electron chi connectivity index (χ4n) is 2.17. The van der Waals surface area contributed by atoms with E-state index in [0.717, 1.165) is 42.9 Å². The number of benzene rings is 1. The van der Waals surface area contributed by atoms with Gasteiger partial charge in [-0.2, -0.15) is 0 Å². The summed E-state index contributed by atoms with van der Waals surface area (Å²) in [7, 11) is 0. The van der Waals surface area contributed by atoms with Crippen molar-refractivity contribution in [3.8, 4) is 0 Å². The van der Waals surface area contributed by atoms with Gasteiger partial charge in [-0.3, -0.25) is 10.1 Å². The number of non-ortho nitro benzene ring substituents is 1. The van der Waals surface area contributed by atoms with Crippen molar-refractivity contribution in [1.82, 2.24) is 4.90 Å². The first-order valence-electron chi connectivity index (χ1n) is 6.03. The van der Waals surface area contributed by atoms with Crippen LogP contribution in [-0.4, -0.2) is 42.5 Å². The SMILES string of the molecule is CCN1CCN(c2ccc([N+](=O)[O-])cc2Br)CC1. The summed E-state index contributed by atoms with van der Waals surface area (Å²) in [6.45, 7) is 7.25. The highest BCUT2D eigenvalue weighted by Crippen LogP contribution is 2.30. The molecule has 98 valence electrons. The molecular weight excluding hydrogens is 298 g/mol. The third-order valence-electron chi connectivity index (χ3n) is 3.30. The predicted octanol–water partition coefficient (Wildman–Crippen LogP) is 2.50. The molecule has 1 heterocycles. The van der Waals surface area contributed by atoms with Crippen LogP contribution < -0.4 is 4.90 Å². The number of hydrogen-bond acceptors (Lipinski definition) is 4. The number of hydrogen-bond donors (Lipinski definition) is 0. The van der Waals surface area contributed by atoms with Gasteiger partial charge in [0.2, 0.25) is 0 Å². The van der Waals surface area contributed by atoms with Gasteiger partial charge in [-0.25, -0.2) is 0 Å². The van der Waals surface area contributed by atoms with E-state index in [-0.39, 0.29) is 10.6 Å². The molecule has 0 aromatic heterocycles. The molecule has 0 unspecified atom stereocenters. The molecular formula is C12H16BrN3O2. The van der Waals surface area contributed by atoms with Gasteiger partial charge in [0.1, 0.15) is 0 Å². The largest absolute Gasteiger partial charge is 0.368 e. The van der Waals surface area contributed by atoms with Crippen molar-refractivity contribution < 1.29 is 4.92 Å². The molecule has 1 aliphatic heterocycles. The molecule has 0 amide bonds. The molecule has 6 heteroatoms. The van der Waals surface area contributed by atoms with Crippen LogP contribution in [0.3, 0.4) is 0 Å². The third-order valence-corrected chi connectivity index (χ3v) is 3.94. The third kappa shape index (κ3) is 2.81. The van der Waals surface area contributed by atoms with E-state index < -0.39 is 0 Å². The summed E-state index contributed by atoms with van der Waals surface area (Å²) in [5.41, 5.74) is 1.16. The van der Waals surface area contributed by atoms with Gasteiger partial charge in [-0.15, -0.1) is 0 Å². The van der Waals surface area contributed by atoms with Gasteiger partial charge in [0.05, 0.1) is 10.6 Å². The van der Waals surface area contributed by atoms with Crippen LogP contribution in [-0.2, 0) is 0 Å². The summed E-state index contributed by atoms with van der Waals surface area (Å²) < 4.78 is 0.793. The first-order valence-corrected chi connectivity index (χ1v) is 6.82. The molecule has 1 aromatic rings. The number of nitrogens with zero attached hydrogens (tertiary/aromatic N) is 3. The summed E-state index contributed by atoms with van der Waals surface area (Å²) in [6.07, 6.45) is 0. The normalized spacial score (nSPS) is 16.9. The minimum atomic E-state index is -0.371. The van der Waals surface area contributed by atoms with Crippen LogP contribution in [0.2, 0.25) is 0 Å². The van der Waals surface area contributed by atoms with E-state index in [1.807, 2.05) is 6.07 Å². The molecule has 0 bridgehead atoms. The number of likely N-dealkylation sites (N-methyl/N-ethyl adjacent to an activating group) is 1. The Hall–Kier alpha value is -1.14. The lowest BCUT2D eigenvalue weighted by Crippen LogP contribution is -2.46. The zero-order valence-corrected chi connectivity index (χ0v) is 11.9. The Kier molecular flexibility index (Phi) is 4.19. The van der Waals surface area contributed by atoms with E-state index in [1.165, 1.54) is 0 Å². The van der Waals surface area contributed by atoms with E-state index >= 15 is 0 Å². The fraction of sp³-hybridized carbons (Fsp3) is 0.500. The van der Waals surface area contributed by atoms with E-state index in [1.54, 1.807) is 12.1 Å². The van der Waals surface area contributed by atoms with Crippen LogP contribution in [0, 0.1) is 10.1 Å². The van der Waals surface area contributed by atoms with Gasteiger partial charge in [0.15, 0.2) is 0 Å². The fourth-order valence-corrected chi connectivity index (χ4v) is 2.79. The first kappa shape index (κ1) is 13.3. The molecule has 0 radical (unpaired) electrons. The van der Waals surface area contributed by atoms with Crippen LogP contribution in [0.25, 0.3) is 0 Å². The van der Waals surface area contributed by atoms with Gasteiger partial charge in [0.25, 0.3) is 5.69 Å². The van der Waals surface area contributed by atoms with Crippen LogP contribution >= 0.6 is 15.9 Å². The molecule has 1 aliphatic rings. The lowest BCUT2D eigenvalue weighted by molar-refractivity contribution is -0.384. The Labute approximate surface area is 115 Å². The van der Waals surface area contributed by atoms with Crippen LogP contribution in [0.1, 0.15) is 6.92 Å². The molecule has 0 spiro atoms. The number of rotatable bonds is 3. The highest BCUT2D eigenvalue weighted by Gasteiger charge is 2.19. The van der Waals surface area contributed by atoms with Crippen molar-refractivity contribution in [2.75, 3.05) is 37.6 Å². The van der Waals surface area contributed by atoms with Crippen molar-refractivity contribution in [3.05, 3.63) is 32.8 Å². The Bertz CT molecular complexity index is 445. The van der Waals surface area contributed by atoms with E-state index in [9.17, 15) is 10.1 Å². The quantitative estimate of drug-likeness (QED) is 0.635. The van der Waals surface area contributed by atoms with Crippen LogP contribution in [0.4, 0.5) is 11.4 Å². The number of piperazine rings is 1. The second-order valence-electron chi connectivity index (χ2n) is 4.31. The Morgan fingerprint density at radius 3 is 2.50 bits per heavy atom. The minimum Gasteiger partial charge on any atom is -0.368 e. The van der Waals surface area contributed by atoms with E-state index in [4.69, 9.17) is 0 Å². The molecule has 0 atom stereocenters. The summed E-state index contributed by atoms with van der Waals surface area (Å²) in [5.74, 6) is 0. The zero-order chi connectivity index (χ0) is 13.1. The highest BCUT2D eigenvalue weighted by atomic mass is 79.9. The standard InChI is InChI=1S/C12H16BrN3O2/c1-2-14-5-7-15(8-6-14)12-4-3-10(16(17)18)9-11(12)13/h3-4,9H,2,5-8H2,1H3. The van der Waals surface area contributed by atoms with Gasteiger partial charge in [-0.1, -0.05) is 6.92 Å². The summed E-state index contributed by atoms with van der Waals surface area (Å²) in [5, 5.41) is 10.7. The predicted molar refractivity (Wildman–Crippen MR) is 75.1 cm³/mol. The molecule has 2 rings (SSSR count). The van der Waals surface area contributed by atoms with Crippen molar-refractivity contribution in [2.24, 2.45) is 0 Å². The van der Waals surface area contributed by atoms with Gasteiger partial charge >= 0.3 is 0 Å². The summed E-state index contributed by atoms with van der Waals surface area (Å²) in [6, 6.07) is 4.96. The van der Waals surface area contributed by atoms with Crippen LogP contribution in [0.5, 0.6) is 0 Å². The Morgan fingerprint density at radius 2 is 2.00 bits per heavy atom. The van der Waals surface area contributed by atoms with E-state index in [0.29, 0.717) is 0 Å². The average Bonchev–Trinajstić information content (AvgIpc) is 2.38. The van der Waals surface area contributed by atoms with Crippen molar-refractivity contribution in [2.45, 2.75) is 6.92 Å². The van der Waals surface area contributed by atoms with Gasteiger partial charge < -0.3 is 9.80 Å². The molecule has 5 nitrogen and oxygen atoms in total. The van der Waals surface area contributed by atoms with Crippen molar-refractivity contribution in [1.29, 1.82) is 0 Å². The van der Waals surface area contributed by atoms with Gasteiger partial charge in [-0.05, 0) is 28.5 Å². The Balaban J connectivity index is 2.12. The monoisotopic (exact) mass is 313 g/mol. The second kappa shape index (κ2) is 5.67. The minimum absolute atomic E-state index is 0.123. The topological polar surface area (TPSA) is 49.6 Å². The second-order valence-corrected chi connectivity index (χ2v) is 5.17. The first-order chi connectivity index (χ1) is 8.61. The molecule has 0 N–H and O–H groups in total. The summed E-state index contributed by atoms with van der Waals surface area (Å²) >= 11 is 3.42. The lowest BCUT2D eigenvalue weighted by atomic mass is 10.2. The number of halogens is 1. The van der Waals surface area contributed by atoms with Crippen molar-refractivity contribution in [3.63, 3.8) is 0 Å². The van der Waals surface area contributed by atoms with Crippen molar-refractivity contribution >= 4 is 27.3 Å². The summed E-state index contributed by atoms with van der Waals surface area (Å²) in [4.78, 5) is 15.0. The Morgan fingerprint density at radius 1 is 1.33 bits per heavy atom.